The Morgan fingerprint density at radius 3 is 0.596 bits per heavy atom. The Labute approximate surface area is 292 Å². The first-order chi connectivity index (χ1) is 22.6. The van der Waals surface area contributed by atoms with Crippen molar-refractivity contribution in [2.45, 2.75) is 41.5 Å². The van der Waals surface area contributed by atoms with Gasteiger partial charge in [0.2, 0.25) is 0 Å². The van der Waals surface area contributed by atoms with Crippen molar-refractivity contribution < 1.29 is 12.5 Å². The van der Waals surface area contributed by atoms with Crippen LogP contribution >= 0.6 is 30.0 Å². The summed E-state index contributed by atoms with van der Waals surface area (Å²) in [5.41, 5.74) is 0.877. The van der Waals surface area contributed by atoms with Crippen LogP contribution in [0.15, 0.2) is 146 Å². The van der Waals surface area contributed by atoms with Gasteiger partial charge >= 0.3 is 295 Å². The molecule has 5 heteroatoms. The second-order valence-corrected chi connectivity index (χ2v) is 44.1. The molecule has 0 spiro atoms. The van der Waals surface area contributed by atoms with E-state index < -0.39 is 23.4 Å². The number of aryl methyl sites for hydroxylation is 6. The Bertz CT molecular complexity index is 1700. The SMILES string of the molecule is Cc1ccccc1[PH](c1ccccc1C)(c1ccccc1C)[Pd]([Cl])([Cl])[PH](c1ccccc1C)(c1ccccc1C)c1ccccc1C. The van der Waals surface area contributed by atoms with Crippen LogP contribution < -0.4 is 31.8 Å². The van der Waals surface area contributed by atoms with Crippen LogP contribution in [-0.2, 0) is 12.5 Å². The molecule has 0 atom stereocenters. The molecule has 0 saturated carbocycles. The average molecular weight is 788 g/mol. The third-order valence-corrected chi connectivity index (χ3v) is 55.9. The molecule has 0 unspecified atom stereocenters. The summed E-state index contributed by atoms with van der Waals surface area (Å²) >= 11 is -3.87. The predicted molar refractivity (Wildman–Crippen MR) is 213 cm³/mol. The second kappa shape index (κ2) is 13.7. The van der Waals surface area contributed by atoms with Crippen LogP contribution in [-0.4, -0.2) is 0 Å². The van der Waals surface area contributed by atoms with Crippen LogP contribution in [0.25, 0.3) is 0 Å². The van der Waals surface area contributed by atoms with Crippen molar-refractivity contribution >= 4 is 61.8 Å². The van der Waals surface area contributed by atoms with Crippen LogP contribution in [0.2, 0.25) is 0 Å². The molecular formula is C42H44Cl2P2Pd. The van der Waals surface area contributed by atoms with E-state index in [4.69, 9.17) is 19.1 Å². The summed E-state index contributed by atoms with van der Waals surface area (Å²) in [4.78, 5) is 0. The van der Waals surface area contributed by atoms with Gasteiger partial charge in [-0.15, -0.1) is 0 Å². The van der Waals surface area contributed by atoms with Gasteiger partial charge in [-0.2, -0.15) is 0 Å². The van der Waals surface area contributed by atoms with Crippen molar-refractivity contribution in [2.24, 2.45) is 0 Å². The minimum atomic E-state index is -3.87. The fourth-order valence-corrected chi connectivity index (χ4v) is 65.3. The van der Waals surface area contributed by atoms with Crippen molar-refractivity contribution in [3.05, 3.63) is 179 Å². The molecule has 6 aromatic rings. The van der Waals surface area contributed by atoms with Gasteiger partial charge in [0.1, 0.15) is 0 Å². The Morgan fingerprint density at radius 2 is 0.447 bits per heavy atom. The molecule has 0 fully saturated rings. The number of hydrogen-bond acceptors (Lipinski definition) is 0. The molecule has 0 aliphatic heterocycles. The molecule has 246 valence electrons. The third-order valence-electron chi connectivity index (χ3n) is 9.59. The van der Waals surface area contributed by atoms with E-state index >= 15 is 0 Å². The molecule has 0 amide bonds. The van der Waals surface area contributed by atoms with E-state index in [0.717, 1.165) is 0 Å². The first-order valence-corrected chi connectivity index (χ1v) is 28.3. The Balaban J connectivity index is 1.99. The number of rotatable bonds is 8. The topological polar surface area (TPSA) is 0 Å². The summed E-state index contributed by atoms with van der Waals surface area (Å²) in [7, 11) is 18.1. The van der Waals surface area contributed by atoms with Crippen LogP contribution in [0.4, 0.5) is 0 Å². The standard InChI is InChI=1S/2C21H21P.2ClH.Pd/c2*1-16-10-4-7-13-19(16)22(20-14-8-5-11-17(20)2)21-15-9-6-12-18(21)3;;;/h2*4-15H,1-3H3;2*1H;. The number of hydrogen-bond donors (Lipinski definition) is 0. The molecule has 0 aliphatic carbocycles. The first-order valence-electron chi connectivity index (χ1n) is 16.0. The Hall–Kier alpha value is -2.58. The van der Waals surface area contributed by atoms with E-state index in [1.54, 1.807) is 0 Å². The summed E-state index contributed by atoms with van der Waals surface area (Å²) in [5.74, 6) is 0. The molecule has 6 rings (SSSR count). The monoisotopic (exact) mass is 786 g/mol. The quantitative estimate of drug-likeness (QED) is 0.107. The summed E-state index contributed by atoms with van der Waals surface area (Å²) in [6, 6.07) is 53.7. The van der Waals surface area contributed by atoms with Gasteiger partial charge in [-0.25, -0.2) is 0 Å². The van der Waals surface area contributed by atoms with Crippen LogP contribution in [0.3, 0.4) is 0 Å². The van der Waals surface area contributed by atoms with Gasteiger partial charge in [0, 0.05) is 0 Å². The number of halogens is 2. The summed E-state index contributed by atoms with van der Waals surface area (Å²) < 4.78 is 0. The van der Waals surface area contributed by atoms with E-state index in [9.17, 15) is 0 Å². The molecule has 47 heavy (non-hydrogen) atoms. The number of benzene rings is 6. The fourth-order valence-electron chi connectivity index (χ4n) is 7.34. The van der Waals surface area contributed by atoms with Crippen molar-refractivity contribution in [3.8, 4) is 0 Å². The van der Waals surface area contributed by atoms with Gasteiger partial charge in [0.15, 0.2) is 0 Å². The van der Waals surface area contributed by atoms with Gasteiger partial charge in [0.25, 0.3) is 0 Å². The fraction of sp³-hybridized carbons (Fsp3) is 0.143. The molecule has 0 bridgehead atoms. The van der Waals surface area contributed by atoms with E-state index in [1.165, 1.54) is 65.2 Å². The molecule has 0 aliphatic rings. The average Bonchev–Trinajstić information content (AvgIpc) is 3.06. The maximum absolute atomic E-state index is 9.06. The van der Waals surface area contributed by atoms with Gasteiger partial charge in [-0.05, 0) is 0 Å². The molecule has 6 aromatic carbocycles. The Kier molecular flexibility index (Phi) is 10.0. The van der Waals surface area contributed by atoms with Crippen molar-refractivity contribution in [1.82, 2.24) is 0 Å². The molecule has 0 N–H and O–H groups in total. The summed E-state index contributed by atoms with van der Waals surface area (Å²) in [5, 5.41) is 7.91. The Morgan fingerprint density at radius 1 is 0.298 bits per heavy atom. The third kappa shape index (κ3) is 5.40. The summed E-state index contributed by atoms with van der Waals surface area (Å²) in [6.45, 7) is 13.5. The normalized spacial score (nSPS) is 13.3. The minimum absolute atomic E-state index is 1.24. The van der Waals surface area contributed by atoms with Crippen molar-refractivity contribution in [3.63, 3.8) is 0 Å². The summed E-state index contributed by atoms with van der Waals surface area (Å²) in [6.07, 6.45) is 0. The molecule has 0 saturated heterocycles. The van der Waals surface area contributed by atoms with E-state index in [1.807, 2.05) is 0 Å². The van der Waals surface area contributed by atoms with Crippen LogP contribution in [0, 0.1) is 41.5 Å². The molecule has 0 nitrogen and oxygen atoms in total. The van der Waals surface area contributed by atoms with E-state index in [-0.39, 0.29) is 0 Å². The van der Waals surface area contributed by atoms with Crippen LogP contribution in [0.1, 0.15) is 33.4 Å². The van der Waals surface area contributed by atoms with Gasteiger partial charge in [-0.1, -0.05) is 0 Å². The zero-order valence-electron chi connectivity index (χ0n) is 27.9. The van der Waals surface area contributed by atoms with Gasteiger partial charge < -0.3 is 0 Å². The first kappa shape index (κ1) is 34.3. The molecule has 0 aromatic heterocycles. The van der Waals surface area contributed by atoms with Crippen LogP contribution in [0.5, 0.6) is 0 Å². The predicted octanol–water partition coefficient (Wildman–Crippen LogP) is 9.58. The zero-order valence-corrected chi connectivity index (χ0v) is 33.0. The van der Waals surface area contributed by atoms with Gasteiger partial charge in [0.05, 0.1) is 0 Å². The zero-order chi connectivity index (χ0) is 33.4. The van der Waals surface area contributed by atoms with Gasteiger partial charge in [-0.3, -0.25) is 0 Å². The van der Waals surface area contributed by atoms with E-state index in [2.05, 4.69) is 187 Å². The van der Waals surface area contributed by atoms with Crippen molar-refractivity contribution in [2.75, 3.05) is 0 Å². The molecule has 0 heterocycles. The maximum atomic E-state index is 9.06. The van der Waals surface area contributed by atoms with E-state index in [0.29, 0.717) is 0 Å². The second-order valence-electron chi connectivity index (χ2n) is 12.5. The molecular weight excluding hydrogens is 744 g/mol. The molecule has 0 radical (unpaired) electrons. The van der Waals surface area contributed by atoms with Crippen molar-refractivity contribution in [1.29, 1.82) is 0 Å².